The number of hydrogen-bond acceptors (Lipinski definition) is 1. The highest BCUT2D eigenvalue weighted by Gasteiger charge is 2.02. The topological polar surface area (TPSA) is 17.1 Å². The Morgan fingerprint density at radius 2 is 1.39 bits per heavy atom. The SMILES string of the molecule is CCCCCCCCCCCCS(=O)/C(C)=C/c1ccccc1. The van der Waals surface area contributed by atoms with Crippen molar-refractivity contribution < 1.29 is 4.21 Å². The molecule has 0 bridgehead atoms. The molecule has 1 aromatic rings. The van der Waals surface area contributed by atoms with Gasteiger partial charge in [0.05, 0.1) is 0 Å². The van der Waals surface area contributed by atoms with Crippen LogP contribution >= 0.6 is 0 Å². The van der Waals surface area contributed by atoms with Crippen molar-refractivity contribution in [1.82, 2.24) is 0 Å². The molecular weight excluding hydrogens is 300 g/mol. The Hall–Kier alpha value is -0.890. The molecule has 0 aliphatic heterocycles. The third-order valence-electron chi connectivity index (χ3n) is 4.21. The van der Waals surface area contributed by atoms with E-state index in [0.717, 1.165) is 22.6 Å². The van der Waals surface area contributed by atoms with Gasteiger partial charge < -0.3 is 0 Å². The van der Waals surface area contributed by atoms with Gasteiger partial charge in [-0.05, 0) is 25.0 Å². The standard InChI is InChI=1S/C21H34OS/c1-3-4-5-6-7-8-9-10-11-15-18-23(22)20(2)19-21-16-13-12-14-17-21/h12-14,16-17,19H,3-11,15,18H2,1-2H3/b20-19+. The van der Waals surface area contributed by atoms with Crippen molar-refractivity contribution in [3.05, 3.63) is 40.8 Å². The van der Waals surface area contributed by atoms with E-state index >= 15 is 0 Å². The Morgan fingerprint density at radius 1 is 0.870 bits per heavy atom. The van der Waals surface area contributed by atoms with E-state index in [1.165, 1.54) is 57.8 Å². The van der Waals surface area contributed by atoms with Crippen LogP contribution in [0.3, 0.4) is 0 Å². The van der Waals surface area contributed by atoms with Gasteiger partial charge in [-0.1, -0.05) is 95.0 Å². The normalized spacial score (nSPS) is 13.2. The number of allylic oxidation sites excluding steroid dienone is 1. The van der Waals surface area contributed by atoms with E-state index in [2.05, 4.69) is 19.1 Å². The van der Waals surface area contributed by atoms with Gasteiger partial charge in [-0.3, -0.25) is 4.21 Å². The molecule has 1 atom stereocenters. The molecule has 0 aliphatic rings. The van der Waals surface area contributed by atoms with Crippen molar-refractivity contribution in [1.29, 1.82) is 0 Å². The summed E-state index contributed by atoms with van der Waals surface area (Å²) in [7, 11) is -0.817. The van der Waals surface area contributed by atoms with E-state index in [0.29, 0.717) is 0 Å². The van der Waals surface area contributed by atoms with Gasteiger partial charge in [0.25, 0.3) is 0 Å². The smallest absolute Gasteiger partial charge is 0.0485 e. The molecule has 0 amide bonds. The van der Waals surface area contributed by atoms with Crippen molar-refractivity contribution in [3.63, 3.8) is 0 Å². The first-order chi connectivity index (χ1) is 11.2. The average Bonchev–Trinajstić information content (AvgIpc) is 2.57. The quantitative estimate of drug-likeness (QED) is 0.366. The van der Waals surface area contributed by atoms with E-state index in [1.54, 1.807) is 0 Å². The monoisotopic (exact) mass is 334 g/mol. The molecule has 0 N–H and O–H groups in total. The van der Waals surface area contributed by atoms with Gasteiger partial charge in [-0.2, -0.15) is 0 Å². The predicted octanol–water partition coefficient (Wildman–Crippen LogP) is 6.72. The summed E-state index contributed by atoms with van der Waals surface area (Å²) in [6, 6.07) is 10.2. The summed E-state index contributed by atoms with van der Waals surface area (Å²) in [5, 5.41) is 0. The van der Waals surface area contributed by atoms with Crippen molar-refractivity contribution in [2.75, 3.05) is 5.75 Å². The largest absolute Gasteiger partial charge is 0.255 e. The maximum Gasteiger partial charge on any atom is 0.0485 e. The lowest BCUT2D eigenvalue weighted by Crippen LogP contribution is -1.98. The van der Waals surface area contributed by atoms with Crippen LogP contribution in [-0.4, -0.2) is 9.96 Å². The minimum Gasteiger partial charge on any atom is -0.255 e. The molecule has 1 nitrogen and oxygen atoms in total. The van der Waals surface area contributed by atoms with Crippen LogP contribution in [0.25, 0.3) is 6.08 Å². The van der Waals surface area contributed by atoms with Gasteiger partial charge in [0, 0.05) is 21.5 Å². The molecule has 0 spiro atoms. The molecule has 1 aromatic carbocycles. The molecule has 0 aliphatic carbocycles. The molecule has 2 heteroatoms. The fourth-order valence-corrected chi connectivity index (χ4v) is 3.79. The van der Waals surface area contributed by atoms with Gasteiger partial charge in [-0.15, -0.1) is 0 Å². The number of unbranched alkanes of at least 4 members (excludes halogenated alkanes) is 9. The summed E-state index contributed by atoms with van der Waals surface area (Å²) in [6.45, 7) is 4.25. The van der Waals surface area contributed by atoms with Gasteiger partial charge in [0.2, 0.25) is 0 Å². The second-order valence-corrected chi connectivity index (χ2v) is 8.14. The number of hydrogen-bond donors (Lipinski definition) is 0. The molecule has 0 saturated heterocycles. The van der Waals surface area contributed by atoms with Gasteiger partial charge in [0.1, 0.15) is 0 Å². The van der Waals surface area contributed by atoms with Crippen molar-refractivity contribution >= 4 is 16.9 Å². The summed E-state index contributed by atoms with van der Waals surface area (Å²) in [4.78, 5) is 0.993. The van der Waals surface area contributed by atoms with Crippen LogP contribution in [0.5, 0.6) is 0 Å². The maximum atomic E-state index is 12.2. The minimum atomic E-state index is -0.817. The van der Waals surface area contributed by atoms with E-state index in [4.69, 9.17) is 0 Å². The molecule has 0 fully saturated rings. The highest BCUT2D eigenvalue weighted by molar-refractivity contribution is 7.89. The average molecular weight is 335 g/mol. The van der Waals surface area contributed by atoms with Crippen molar-refractivity contribution in [2.45, 2.75) is 78.1 Å². The third kappa shape index (κ3) is 10.5. The summed E-state index contributed by atoms with van der Waals surface area (Å²) in [5.74, 6) is 0.811. The fourth-order valence-electron chi connectivity index (χ4n) is 2.73. The molecule has 1 unspecified atom stereocenters. The Labute approximate surface area is 146 Å². The molecule has 0 aromatic heterocycles. The summed E-state index contributed by atoms with van der Waals surface area (Å²) in [5.41, 5.74) is 1.14. The Balaban J connectivity index is 2.05. The highest BCUT2D eigenvalue weighted by atomic mass is 32.2. The zero-order valence-corrected chi connectivity index (χ0v) is 15.9. The Morgan fingerprint density at radius 3 is 1.96 bits per heavy atom. The first-order valence-corrected chi connectivity index (χ1v) is 10.7. The van der Waals surface area contributed by atoms with Crippen LogP contribution < -0.4 is 0 Å². The minimum absolute atomic E-state index is 0.811. The highest BCUT2D eigenvalue weighted by Crippen LogP contribution is 2.13. The molecule has 1 rings (SSSR count). The molecule has 0 radical (unpaired) electrons. The first kappa shape index (κ1) is 20.2. The molecule has 23 heavy (non-hydrogen) atoms. The van der Waals surface area contributed by atoms with Crippen LogP contribution in [0.4, 0.5) is 0 Å². The summed E-state index contributed by atoms with van der Waals surface area (Å²) >= 11 is 0. The molecular formula is C21H34OS. The second kappa shape index (κ2) is 13.5. The second-order valence-electron chi connectivity index (χ2n) is 6.40. The summed E-state index contributed by atoms with van der Waals surface area (Å²) in [6.07, 6.45) is 15.3. The predicted molar refractivity (Wildman–Crippen MR) is 105 cm³/mol. The van der Waals surface area contributed by atoms with Gasteiger partial charge in [-0.25, -0.2) is 0 Å². The van der Waals surface area contributed by atoms with E-state index < -0.39 is 10.8 Å². The van der Waals surface area contributed by atoms with Gasteiger partial charge in [0.15, 0.2) is 0 Å². The van der Waals surface area contributed by atoms with Crippen molar-refractivity contribution in [2.24, 2.45) is 0 Å². The number of benzene rings is 1. The van der Waals surface area contributed by atoms with Gasteiger partial charge >= 0.3 is 0 Å². The molecule has 0 heterocycles. The number of rotatable bonds is 13. The van der Waals surface area contributed by atoms with Crippen LogP contribution in [0, 0.1) is 0 Å². The van der Waals surface area contributed by atoms with E-state index in [-0.39, 0.29) is 0 Å². The lowest BCUT2D eigenvalue weighted by atomic mass is 10.1. The van der Waals surface area contributed by atoms with Crippen molar-refractivity contribution in [3.8, 4) is 0 Å². The maximum absolute atomic E-state index is 12.2. The lowest BCUT2D eigenvalue weighted by molar-refractivity contribution is 0.562. The van der Waals surface area contributed by atoms with Crippen LogP contribution in [0.15, 0.2) is 35.2 Å². The zero-order chi connectivity index (χ0) is 16.8. The third-order valence-corrected chi connectivity index (χ3v) is 5.71. The first-order valence-electron chi connectivity index (χ1n) is 9.35. The fraction of sp³-hybridized carbons (Fsp3) is 0.619. The molecule has 130 valence electrons. The van der Waals surface area contributed by atoms with Crippen LogP contribution in [-0.2, 0) is 10.8 Å². The zero-order valence-electron chi connectivity index (χ0n) is 15.1. The van der Waals surface area contributed by atoms with E-state index in [1.807, 2.05) is 31.2 Å². The van der Waals surface area contributed by atoms with E-state index in [9.17, 15) is 4.21 Å². The summed E-state index contributed by atoms with van der Waals surface area (Å²) < 4.78 is 12.2. The van der Waals surface area contributed by atoms with Crippen LogP contribution in [0.1, 0.15) is 83.6 Å². The lowest BCUT2D eigenvalue weighted by Gasteiger charge is -2.04. The Bertz CT molecular complexity index is 450. The van der Waals surface area contributed by atoms with Crippen LogP contribution in [0.2, 0.25) is 0 Å². The Kier molecular flexibility index (Phi) is 11.9. The molecule has 0 saturated carbocycles.